The summed E-state index contributed by atoms with van der Waals surface area (Å²) in [6.07, 6.45) is 6.19. The van der Waals surface area contributed by atoms with Crippen molar-refractivity contribution in [2.75, 3.05) is 13.1 Å². The number of carbonyl (C=O) groups excluding carboxylic acids is 1. The Kier molecular flexibility index (Phi) is 6.83. The van der Waals surface area contributed by atoms with Crippen molar-refractivity contribution in [1.82, 2.24) is 24.6 Å². The van der Waals surface area contributed by atoms with Gasteiger partial charge in [-0.05, 0) is 49.2 Å². The largest absolute Gasteiger partial charge is 0.468 e. The van der Waals surface area contributed by atoms with Crippen LogP contribution in [0.1, 0.15) is 41.9 Å². The number of furan rings is 1. The Morgan fingerprint density at radius 3 is 2.61 bits per heavy atom. The average Bonchev–Trinajstić information content (AvgIpc) is 3.52. The van der Waals surface area contributed by atoms with Crippen molar-refractivity contribution in [3.8, 4) is 5.69 Å². The molecule has 1 amide bonds. The van der Waals surface area contributed by atoms with Gasteiger partial charge in [-0.15, -0.1) is 0 Å². The Labute approximate surface area is 189 Å². The second-order valence-corrected chi connectivity index (χ2v) is 8.13. The van der Waals surface area contributed by atoms with Crippen LogP contribution < -0.4 is 16.6 Å². The molecule has 0 saturated heterocycles. The zero-order valence-corrected chi connectivity index (χ0v) is 18.4. The fourth-order valence-corrected chi connectivity index (χ4v) is 4.13. The number of hydrogen-bond donors (Lipinski definition) is 1. The highest BCUT2D eigenvalue weighted by Gasteiger charge is 2.24. The average molecular weight is 455 g/mol. The maximum atomic E-state index is 13.3. The third-order valence-corrected chi connectivity index (χ3v) is 5.93. The smallest absolute Gasteiger partial charge is 0.351 e. The maximum absolute atomic E-state index is 13.3. The van der Waals surface area contributed by atoms with Crippen molar-refractivity contribution in [3.05, 3.63) is 80.8 Å². The molecule has 1 aromatic carbocycles. The van der Waals surface area contributed by atoms with E-state index in [1.165, 1.54) is 44.2 Å². The lowest BCUT2D eigenvalue weighted by Crippen LogP contribution is -2.46. The van der Waals surface area contributed by atoms with Gasteiger partial charge in [0.2, 0.25) is 5.69 Å². The van der Waals surface area contributed by atoms with E-state index >= 15 is 0 Å². The SMILES string of the molecule is Cn1c(=O)c(C(=O)NCCN(Cc2ccco2)C2CCCC2)nn(-c2ccc(F)cc2)c1=O. The summed E-state index contributed by atoms with van der Waals surface area (Å²) in [4.78, 5) is 40.1. The molecule has 174 valence electrons. The number of hydrogen-bond acceptors (Lipinski definition) is 6. The third kappa shape index (κ3) is 5.11. The normalized spacial score (nSPS) is 14.2. The van der Waals surface area contributed by atoms with E-state index in [4.69, 9.17) is 4.42 Å². The van der Waals surface area contributed by atoms with Gasteiger partial charge >= 0.3 is 5.69 Å². The van der Waals surface area contributed by atoms with Gasteiger partial charge in [-0.1, -0.05) is 12.8 Å². The van der Waals surface area contributed by atoms with E-state index in [9.17, 15) is 18.8 Å². The minimum absolute atomic E-state index is 0.247. The van der Waals surface area contributed by atoms with Gasteiger partial charge in [-0.3, -0.25) is 19.1 Å². The Hall–Kier alpha value is -3.53. The molecule has 0 atom stereocenters. The second kappa shape index (κ2) is 9.95. The molecule has 10 heteroatoms. The fourth-order valence-electron chi connectivity index (χ4n) is 4.13. The van der Waals surface area contributed by atoms with Crippen molar-refractivity contribution in [2.45, 2.75) is 38.3 Å². The van der Waals surface area contributed by atoms with Gasteiger partial charge in [0.15, 0.2) is 0 Å². The maximum Gasteiger partial charge on any atom is 0.351 e. The van der Waals surface area contributed by atoms with E-state index in [0.717, 1.165) is 27.9 Å². The topological polar surface area (TPSA) is 102 Å². The van der Waals surface area contributed by atoms with Crippen LogP contribution in [-0.4, -0.2) is 44.3 Å². The first-order valence-corrected chi connectivity index (χ1v) is 10.9. The van der Waals surface area contributed by atoms with Crippen LogP contribution in [0.5, 0.6) is 0 Å². The van der Waals surface area contributed by atoms with Crippen LogP contribution >= 0.6 is 0 Å². The van der Waals surface area contributed by atoms with E-state index in [-0.39, 0.29) is 5.69 Å². The summed E-state index contributed by atoms with van der Waals surface area (Å²) in [5.41, 5.74) is -1.68. The van der Waals surface area contributed by atoms with Crippen LogP contribution in [-0.2, 0) is 13.6 Å². The first-order chi connectivity index (χ1) is 15.9. The van der Waals surface area contributed by atoms with Gasteiger partial charge in [-0.2, -0.15) is 9.78 Å². The third-order valence-electron chi connectivity index (χ3n) is 5.93. The molecule has 1 saturated carbocycles. The number of benzene rings is 1. The molecular weight excluding hydrogens is 429 g/mol. The molecule has 9 nitrogen and oxygen atoms in total. The zero-order valence-electron chi connectivity index (χ0n) is 18.4. The summed E-state index contributed by atoms with van der Waals surface area (Å²) in [6, 6.07) is 9.23. The highest BCUT2D eigenvalue weighted by molar-refractivity contribution is 5.91. The molecule has 1 N–H and O–H groups in total. The first-order valence-electron chi connectivity index (χ1n) is 10.9. The Balaban J connectivity index is 1.49. The van der Waals surface area contributed by atoms with Crippen molar-refractivity contribution in [2.24, 2.45) is 7.05 Å². The molecule has 4 rings (SSSR count). The van der Waals surface area contributed by atoms with Crippen molar-refractivity contribution < 1.29 is 13.6 Å². The Bertz CT molecular complexity index is 1210. The number of amides is 1. The minimum Gasteiger partial charge on any atom is -0.468 e. The molecule has 1 aliphatic rings. The molecule has 2 aromatic heterocycles. The molecule has 33 heavy (non-hydrogen) atoms. The summed E-state index contributed by atoms with van der Waals surface area (Å²) in [7, 11) is 1.27. The second-order valence-electron chi connectivity index (χ2n) is 8.13. The summed E-state index contributed by atoms with van der Waals surface area (Å²) in [6.45, 7) is 1.52. The molecule has 0 unspecified atom stereocenters. The van der Waals surface area contributed by atoms with E-state index in [0.29, 0.717) is 25.7 Å². The van der Waals surface area contributed by atoms with Crippen molar-refractivity contribution in [3.63, 3.8) is 0 Å². The number of halogens is 1. The molecule has 1 aliphatic carbocycles. The zero-order chi connectivity index (χ0) is 23.4. The van der Waals surface area contributed by atoms with Gasteiger partial charge in [0, 0.05) is 26.2 Å². The summed E-state index contributed by atoms with van der Waals surface area (Å²) in [5, 5.41) is 6.72. The molecule has 0 aliphatic heterocycles. The highest BCUT2D eigenvalue weighted by atomic mass is 19.1. The number of nitrogens with zero attached hydrogens (tertiary/aromatic N) is 4. The number of carbonyl (C=O) groups is 1. The van der Waals surface area contributed by atoms with Crippen LogP contribution in [0.15, 0.2) is 56.7 Å². The number of nitrogens with one attached hydrogen (secondary N) is 1. The van der Waals surface area contributed by atoms with Gasteiger partial charge in [0.25, 0.3) is 11.5 Å². The lowest BCUT2D eigenvalue weighted by Gasteiger charge is -2.28. The van der Waals surface area contributed by atoms with E-state index < -0.39 is 28.7 Å². The van der Waals surface area contributed by atoms with Crippen LogP contribution in [0, 0.1) is 5.82 Å². The highest BCUT2D eigenvalue weighted by Crippen LogP contribution is 2.24. The van der Waals surface area contributed by atoms with Crippen molar-refractivity contribution in [1.29, 1.82) is 0 Å². The van der Waals surface area contributed by atoms with Crippen LogP contribution in [0.25, 0.3) is 5.69 Å². The molecule has 3 aromatic rings. The Morgan fingerprint density at radius 2 is 1.94 bits per heavy atom. The summed E-state index contributed by atoms with van der Waals surface area (Å²) >= 11 is 0. The van der Waals surface area contributed by atoms with E-state index in [1.54, 1.807) is 6.26 Å². The van der Waals surface area contributed by atoms with Crippen LogP contribution in [0.3, 0.4) is 0 Å². The monoisotopic (exact) mass is 455 g/mol. The molecule has 0 radical (unpaired) electrons. The summed E-state index contributed by atoms with van der Waals surface area (Å²) in [5.74, 6) is -0.290. The van der Waals surface area contributed by atoms with E-state index in [1.807, 2.05) is 12.1 Å². The molecule has 0 bridgehead atoms. The first kappa shape index (κ1) is 22.7. The van der Waals surface area contributed by atoms with E-state index in [2.05, 4.69) is 15.3 Å². The number of rotatable bonds is 8. The van der Waals surface area contributed by atoms with Crippen molar-refractivity contribution >= 4 is 5.91 Å². The van der Waals surface area contributed by atoms with Gasteiger partial charge in [-0.25, -0.2) is 9.18 Å². The lowest BCUT2D eigenvalue weighted by molar-refractivity contribution is 0.0931. The molecule has 2 heterocycles. The van der Waals surface area contributed by atoms with Gasteiger partial charge in [0.05, 0.1) is 18.5 Å². The fraction of sp³-hybridized carbons (Fsp3) is 0.391. The summed E-state index contributed by atoms with van der Waals surface area (Å²) < 4.78 is 20.5. The predicted molar refractivity (Wildman–Crippen MR) is 119 cm³/mol. The lowest BCUT2D eigenvalue weighted by atomic mass is 10.2. The van der Waals surface area contributed by atoms with Gasteiger partial charge < -0.3 is 9.73 Å². The molecule has 1 fully saturated rings. The van der Waals surface area contributed by atoms with Gasteiger partial charge in [0.1, 0.15) is 11.6 Å². The van der Waals surface area contributed by atoms with Crippen LogP contribution in [0.2, 0.25) is 0 Å². The number of aromatic nitrogens is 3. The quantitative estimate of drug-likeness (QED) is 0.556. The minimum atomic E-state index is -0.793. The van der Waals surface area contributed by atoms with Crippen LogP contribution in [0.4, 0.5) is 4.39 Å². The predicted octanol–water partition coefficient (Wildman–Crippen LogP) is 1.84. The Morgan fingerprint density at radius 1 is 1.21 bits per heavy atom. The molecular formula is C23H26FN5O4. The molecule has 0 spiro atoms. The standard InChI is InChI=1S/C23H26FN5O4/c1-27-22(31)20(26-29(23(27)32)18-10-8-16(24)9-11-18)21(30)25-12-13-28(17-5-2-3-6-17)15-19-7-4-14-33-19/h4,7-11,14,17H,2-3,5-6,12-13,15H2,1H3,(H,25,30).